The minimum absolute atomic E-state index is 0.167. The molecular weight excluding hydrogens is 206 g/mol. The maximum absolute atomic E-state index is 11.1. The lowest BCUT2D eigenvalue weighted by atomic mass is 10.0. The number of ketones is 1. The number of Topliss-reactive ketones (excluding diaryl/α,β-unsaturated/α-hetero) is 1. The van der Waals surface area contributed by atoms with Gasteiger partial charge in [0, 0.05) is 0 Å². The SMILES string of the molecule is CNCC(=O)[C@H](O)[C@@H](O)[C@H](O)[C@H](O)CO. The molecule has 0 aromatic carbocycles. The van der Waals surface area contributed by atoms with E-state index in [9.17, 15) is 20.1 Å². The minimum Gasteiger partial charge on any atom is -0.394 e. The van der Waals surface area contributed by atoms with Crippen molar-refractivity contribution in [2.45, 2.75) is 24.4 Å². The summed E-state index contributed by atoms with van der Waals surface area (Å²) in [4.78, 5) is 11.1. The first-order valence-electron chi connectivity index (χ1n) is 4.46. The largest absolute Gasteiger partial charge is 0.394 e. The van der Waals surface area contributed by atoms with Gasteiger partial charge in [-0.25, -0.2) is 0 Å². The number of hydrogen-bond donors (Lipinski definition) is 6. The van der Waals surface area contributed by atoms with Crippen molar-refractivity contribution in [1.82, 2.24) is 5.32 Å². The summed E-state index contributed by atoms with van der Waals surface area (Å²) in [5, 5.41) is 47.6. The van der Waals surface area contributed by atoms with Crippen molar-refractivity contribution >= 4 is 5.78 Å². The predicted molar refractivity (Wildman–Crippen MR) is 50.0 cm³/mol. The molecule has 0 aliphatic heterocycles. The van der Waals surface area contributed by atoms with Crippen LogP contribution in [-0.4, -0.2) is 75.9 Å². The lowest BCUT2D eigenvalue weighted by Crippen LogP contribution is -2.50. The van der Waals surface area contributed by atoms with Crippen molar-refractivity contribution in [2.75, 3.05) is 20.2 Å². The third-order valence-electron chi connectivity index (χ3n) is 1.94. The Hall–Kier alpha value is -0.570. The summed E-state index contributed by atoms with van der Waals surface area (Å²) in [6.07, 6.45) is -7.00. The van der Waals surface area contributed by atoms with Crippen LogP contribution in [0.1, 0.15) is 0 Å². The topological polar surface area (TPSA) is 130 Å². The first-order chi connectivity index (χ1) is 6.95. The summed E-state index contributed by atoms with van der Waals surface area (Å²) in [6, 6.07) is 0. The zero-order chi connectivity index (χ0) is 12.0. The summed E-state index contributed by atoms with van der Waals surface area (Å²) in [7, 11) is 1.48. The molecule has 7 heteroatoms. The molecule has 0 aliphatic rings. The summed E-state index contributed by atoms with van der Waals surface area (Å²) in [6.45, 7) is -0.939. The number of aliphatic hydroxyl groups is 5. The van der Waals surface area contributed by atoms with E-state index < -0.39 is 36.8 Å². The van der Waals surface area contributed by atoms with Gasteiger partial charge in [0.05, 0.1) is 13.2 Å². The van der Waals surface area contributed by atoms with Gasteiger partial charge < -0.3 is 30.8 Å². The van der Waals surface area contributed by atoms with E-state index in [2.05, 4.69) is 5.32 Å². The van der Waals surface area contributed by atoms with E-state index in [1.807, 2.05) is 0 Å². The minimum atomic E-state index is -1.83. The Bertz CT molecular complexity index is 200. The number of carbonyl (C=O) groups is 1. The third-order valence-corrected chi connectivity index (χ3v) is 1.94. The summed E-state index contributed by atoms with van der Waals surface area (Å²) in [5.74, 6) is -0.714. The van der Waals surface area contributed by atoms with Gasteiger partial charge in [0.15, 0.2) is 5.78 Å². The van der Waals surface area contributed by atoms with Gasteiger partial charge in [0.2, 0.25) is 0 Å². The summed E-state index contributed by atoms with van der Waals surface area (Å²) in [5.41, 5.74) is 0. The fraction of sp³-hybridized carbons (Fsp3) is 0.875. The molecule has 0 unspecified atom stereocenters. The van der Waals surface area contributed by atoms with Crippen molar-refractivity contribution in [2.24, 2.45) is 0 Å². The van der Waals surface area contributed by atoms with Crippen molar-refractivity contribution in [3.05, 3.63) is 0 Å². The second kappa shape index (κ2) is 6.83. The zero-order valence-corrected chi connectivity index (χ0v) is 8.37. The lowest BCUT2D eigenvalue weighted by Gasteiger charge is -2.24. The monoisotopic (exact) mass is 223 g/mol. The van der Waals surface area contributed by atoms with E-state index >= 15 is 0 Å². The molecule has 7 nitrogen and oxygen atoms in total. The van der Waals surface area contributed by atoms with E-state index in [-0.39, 0.29) is 6.54 Å². The molecule has 0 aromatic rings. The first kappa shape index (κ1) is 14.4. The molecular formula is C8H17NO6. The standard InChI is InChI=1S/C8H17NO6/c1-9-2-4(11)6(13)8(15)7(14)5(12)3-10/h5-10,12-15H,2-3H2,1H3/t5-,6+,7-,8-/m1/s1. The number of carbonyl (C=O) groups excluding carboxylic acids is 1. The lowest BCUT2D eigenvalue weighted by molar-refractivity contribution is -0.146. The Morgan fingerprint density at radius 3 is 2.13 bits per heavy atom. The Morgan fingerprint density at radius 1 is 1.20 bits per heavy atom. The van der Waals surface area contributed by atoms with Crippen molar-refractivity contribution < 1.29 is 30.3 Å². The molecule has 0 fully saturated rings. The van der Waals surface area contributed by atoms with Crippen LogP contribution >= 0.6 is 0 Å². The number of aliphatic hydroxyl groups excluding tert-OH is 5. The normalized spacial score (nSPS) is 19.3. The molecule has 0 bridgehead atoms. The van der Waals surface area contributed by atoms with Crippen molar-refractivity contribution in [3.63, 3.8) is 0 Å². The molecule has 15 heavy (non-hydrogen) atoms. The summed E-state index contributed by atoms with van der Waals surface area (Å²) >= 11 is 0. The predicted octanol–water partition coefficient (Wildman–Crippen LogP) is -3.79. The summed E-state index contributed by atoms with van der Waals surface area (Å²) < 4.78 is 0. The van der Waals surface area contributed by atoms with Gasteiger partial charge in [-0.1, -0.05) is 0 Å². The molecule has 4 atom stereocenters. The Kier molecular flexibility index (Phi) is 6.57. The second-order valence-electron chi connectivity index (χ2n) is 3.17. The molecule has 6 N–H and O–H groups in total. The molecule has 0 spiro atoms. The molecule has 90 valence electrons. The fourth-order valence-corrected chi connectivity index (χ4v) is 0.992. The highest BCUT2D eigenvalue weighted by molar-refractivity contribution is 5.85. The van der Waals surface area contributed by atoms with Crippen LogP contribution in [0.4, 0.5) is 0 Å². The van der Waals surface area contributed by atoms with Gasteiger partial charge in [-0.2, -0.15) is 0 Å². The molecule has 0 radical (unpaired) electrons. The average Bonchev–Trinajstić information content (AvgIpc) is 2.25. The van der Waals surface area contributed by atoms with Crippen LogP contribution in [0, 0.1) is 0 Å². The highest BCUT2D eigenvalue weighted by atomic mass is 16.4. The number of likely N-dealkylation sites (N-methyl/N-ethyl adjacent to an activating group) is 1. The van der Waals surface area contributed by atoms with Crippen LogP contribution in [0.3, 0.4) is 0 Å². The molecule has 0 rings (SSSR count). The second-order valence-corrected chi connectivity index (χ2v) is 3.17. The van der Waals surface area contributed by atoms with Crippen LogP contribution < -0.4 is 5.32 Å². The first-order valence-corrected chi connectivity index (χ1v) is 4.46. The third kappa shape index (κ3) is 4.20. The molecule has 0 saturated heterocycles. The maximum atomic E-state index is 11.1. The van der Waals surface area contributed by atoms with Gasteiger partial charge in [-0.15, -0.1) is 0 Å². The molecule has 0 saturated carbocycles. The van der Waals surface area contributed by atoms with Crippen molar-refractivity contribution in [1.29, 1.82) is 0 Å². The van der Waals surface area contributed by atoms with Crippen LogP contribution in [0.5, 0.6) is 0 Å². The van der Waals surface area contributed by atoms with Gasteiger partial charge >= 0.3 is 0 Å². The van der Waals surface area contributed by atoms with E-state index in [1.54, 1.807) is 0 Å². The Balaban J connectivity index is 4.29. The van der Waals surface area contributed by atoms with E-state index in [0.29, 0.717) is 0 Å². The highest BCUT2D eigenvalue weighted by Gasteiger charge is 2.33. The van der Waals surface area contributed by atoms with Gasteiger partial charge in [0.1, 0.15) is 24.4 Å². The fourth-order valence-electron chi connectivity index (χ4n) is 0.992. The number of nitrogens with one attached hydrogen (secondary N) is 1. The smallest absolute Gasteiger partial charge is 0.177 e. The maximum Gasteiger partial charge on any atom is 0.177 e. The van der Waals surface area contributed by atoms with E-state index in [1.165, 1.54) is 7.05 Å². The average molecular weight is 223 g/mol. The molecule has 0 aromatic heterocycles. The molecule has 0 heterocycles. The van der Waals surface area contributed by atoms with Crippen LogP contribution in [0.25, 0.3) is 0 Å². The van der Waals surface area contributed by atoms with Crippen molar-refractivity contribution in [3.8, 4) is 0 Å². The van der Waals surface area contributed by atoms with Crippen LogP contribution in [-0.2, 0) is 4.79 Å². The molecule has 0 aliphatic carbocycles. The van der Waals surface area contributed by atoms with Gasteiger partial charge in [-0.3, -0.25) is 4.79 Å². The Morgan fingerprint density at radius 2 is 1.73 bits per heavy atom. The van der Waals surface area contributed by atoms with Crippen LogP contribution in [0.2, 0.25) is 0 Å². The van der Waals surface area contributed by atoms with E-state index in [4.69, 9.17) is 10.2 Å². The number of hydrogen-bond acceptors (Lipinski definition) is 7. The number of rotatable bonds is 7. The Labute approximate surface area is 87.0 Å². The molecule has 0 amide bonds. The van der Waals surface area contributed by atoms with Gasteiger partial charge in [-0.05, 0) is 7.05 Å². The van der Waals surface area contributed by atoms with E-state index in [0.717, 1.165) is 0 Å². The highest BCUT2D eigenvalue weighted by Crippen LogP contribution is 2.05. The zero-order valence-electron chi connectivity index (χ0n) is 8.37. The van der Waals surface area contributed by atoms with Gasteiger partial charge in [0.25, 0.3) is 0 Å². The van der Waals surface area contributed by atoms with Crippen LogP contribution in [0.15, 0.2) is 0 Å². The quantitative estimate of drug-likeness (QED) is 0.261.